The van der Waals surface area contributed by atoms with Crippen molar-refractivity contribution in [2.45, 2.75) is 39.3 Å². The number of para-hydroxylation sites is 1. The van der Waals surface area contributed by atoms with Crippen molar-refractivity contribution in [1.29, 1.82) is 0 Å². The zero-order valence-electron chi connectivity index (χ0n) is 16.0. The molecule has 2 rings (SSSR count). The van der Waals surface area contributed by atoms with Crippen LogP contribution in [0.2, 0.25) is 0 Å². The van der Waals surface area contributed by atoms with Crippen molar-refractivity contribution >= 4 is 17.6 Å². The molecule has 0 saturated carbocycles. The topological polar surface area (TPSA) is 55.9 Å². The summed E-state index contributed by atoms with van der Waals surface area (Å²) in [6.45, 7) is 8.20. The van der Waals surface area contributed by atoms with Crippen LogP contribution < -0.4 is 5.32 Å². The Morgan fingerprint density at radius 2 is 1.88 bits per heavy atom. The highest BCUT2D eigenvalue weighted by Gasteiger charge is 2.32. The number of amides is 3. The Labute approximate surface area is 150 Å². The van der Waals surface area contributed by atoms with E-state index in [4.69, 9.17) is 0 Å². The van der Waals surface area contributed by atoms with Crippen molar-refractivity contribution in [1.82, 2.24) is 14.7 Å². The highest BCUT2D eigenvalue weighted by atomic mass is 16.2. The molecule has 1 fully saturated rings. The van der Waals surface area contributed by atoms with E-state index in [1.54, 1.807) is 17.0 Å². The second-order valence-corrected chi connectivity index (χ2v) is 7.09. The van der Waals surface area contributed by atoms with Gasteiger partial charge < -0.3 is 20.0 Å². The van der Waals surface area contributed by atoms with Crippen molar-refractivity contribution in [3.63, 3.8) is 0 Å². The van der Waals surface area contributed by atoms with Gasteiger partial charge in [0.05, 0.1) is 11.3 Å². The van der Waals surface area contributed by atoms with E-state index in [1.165, 1.54) is 0 Å². The lowest BCUT2D eigenvalue weighted by molar-refractivity contribution is 0.0707. The summed E-state index contributed by atoms with van der Waals surface area (Å²) in [5, 5.41) is 2.91. The number of likely N-dealkylation sites (N-methyl/N-ethyl adjacent to an activating group) is 1. The molecule has 0 unspecified atom stereocenters. The maximum absolute atomic E-state index is 12.9. The van der Waals surface area contributed by atoms with Crippen LogP contribution in [0.3, 0.4) is 0 Å². The van der Waals surface area contributed by atoms with E-state index in [9.17, 15) is 9.59 Å². The predicted molar refractivity (Wildman–Crippen MR) is 101 cm³/mol. The van der Waals surface area contributed by atoms with Crippen molar-refractivity contribution in [3.8, 4) is 0 Å². The van der Waals surface area contributed by atoms with Crippen molar-refractivity contribution in [2.24, 2.45) is 0 Å². The molecule has 0 atom stereocenters. The number of likely N-dealkylation sites (tertiary alicyclic amines) is 1. The van der Waals surface area contributed by atoms with E-state index in [0.717, 1.165) is 6.42 Å². The lowest BCUT2D eigenvalue weighted by atomic mass is 10.1. The molecule has 1 heterocycles. The fourth-order valence-electron chi connectivity index (χ4n) is 2.91. The molecule has 0 aliphatic carbocycles. The molecule has 0 radical (unpaired) electrons. The molecule has 0 aromatic heterocycles. The molecule has 1 aliphatic rings. The molecule has 3 amide bonds. The van der Waals surface area contributed by atoms with Gasteiger partial charge in [0.25, 0.3) is 5.91 Å². The van der Waals surface area contributed by atoms with Crippen molar-refractivity contribution in [3.05, 3.63) is 29.8 Å². The molecular weight excluding hydrogens is 316 g/mol. The van der Waals surface area contributed by atoms with Gasteiger partial charge in [-0.25, -0.2) is 4.79 Å². The number of carbonyl (C=O) groups excluding carboxylic acids is 2. The van der Waals surface area contributed by atoms with Gasteiger partial charge in [-0.15, -0.1) is 0 Å². The van der Waals surface area contributed by atoms with Crippen LogP contribution in [0.15, 0.2) is 24.3 Å². The molecule has 6 nitrogen and oxygen atoms in total. The van der Waals surface area contributed by atoms with Gasteiger partial charge in [-0.3, -0.25) is 4.79 Å². The van der Waals surface area contributed by atoms with Gasteiger partial charge in [-0.1, -0.05) is 19.1 Å². The third-order valence-electron chi connectivity index (χ3n) is 4.63. The number of benzene rings is 1. The minimum Gasteiger partial charge on any atom is -0.336 e. The molecule has 1 N–H and O–H groups in total. The van der Waals surface area contributed by atoms with Gasteiger partial charge in [0.15, 0.2) is 0 Å². The lowest BCUT2D eigenvalue weighted by Crippen LogP contribution is -2.60. The summed E-state index contributed by atoms with van der Waals surface area (Å²) in [6, 6.07) is 7.62. The van der Waals surface area contributed by atoms with Crippen LogP contribution in [0.1, 0.15) is 37.6 Å². The van der Waals surface area contributed by atoms with E-state index in [2.05, 4.69) is 17.1 Å². The zero-order chi connectivity index (χ0) is 18.6. The first-order valence-electron chi connectivity index (χ1n) is 8.97. The number of hydrogen-bond acceptors (Lipinski definition) is 3. The first-order chi connectivity index (χ1) is 11.8. The second kappa shape index (κ2) is 8.34. The molecule has 0 bridgehead atoms. The summed E-state index contributed by atoms with van der Waals surface area (Å²) in [5.41, 5.74) is 1.12. The maximum Gasteiger partial charge on any atom is 0.321 e. The average molecular weight is 346 g/mol. The Balaban J connectivity index is 2.10. The summed E-state index contributed by atoms with van der Waals surface area (Å²) in [4.78, 5) is 31.1. The maximum atomic E-state index is 12.9. The number of rotatable bonds is 6. The Morgan fingerprint density at radius 1 is 1.24 bits per heavy atom. The van der Waals surface area contributed by atoms with E-state index < -0.39 is 0 Å². The van der Waals surface area contributed by atoms with E-state index in [-0.39, 0.29) is 18.0 Å². The second-order valence-electron chi connectivity index (χ2n) is 7.09. The van der Waals surface area contributed by atoms with Gasteiger partial charge in [-0.2, -0.15) is 0 Å². The summed E-state index contributed by atoms with van der Waals surface area (Å²) >= 11 is 0. The van der Waals surface area contributed by atoms with Crippen LogP contribution in [-0.2, 0) is 0 Å². The van der Waals surface area contributed by atoms with Crippen LogP contribution in [0.4, 0.5) is 10.5 Å². The van der Waals surface area contributed by atoms with Gasteiger partial charge in [0.1, 0.15) is 0 Å². The number of hydrogen-bond donors (Lipinski definition) is 1. The molecule has 1 aliphatic heterocycles. The van der Waals surface area contributed by atoms with Gasteiger partial charge in [0, 0.05) is 31.7 Å². The van der Waals surface area contributed by atoms with Gasteiger partial charge >= 0.3 is 6.03 Å². The highest BCUT2D eigenvalue weighted by molar-refractivity contribution is 6.03. The third-order valence-corrected chi connectivity index (χ3v) is 4.63. The quantitative estimate of drug-likeness (QED) is 0.862. The minimum atomic E-state index is -0.148. The summed E-state index contributed by atoms with van der Waals surface area (Å²) in [7, 11) is 4.03. The lowest BCUT2D eigenvalue weighted by Gasteiger charge is -2.42. The molecule has 1 saturated heterocycles. The van der Waals surface area contributed by atoms with Crippen molar-refractivity contribution in [2.75, 3.05) is 39.0 Å². The van der Waals surface area contributed by atoms with E-state index in [0.29, 0.717) is 36.9 Å². The zero-order valence-corrected chi connectivity index (χ0v) is 16.0. The van der Waals surface area contributed by atoms with Crippen LogP contribution in [0, 0.1) is 0 Å². The standard InChI is InChI=1S/C19H30N4O2/c1-6-11-23(14(2)3)18(24)16-9-7-8-10-17(16)20-19(25)22-12-15(13-22)21(4)5/h7-10,14-15H,6,11-13H2,1-5H3,(H,20,25). The molecular formula is C19H30N4O2. The van der Waals surface area contributed by atoms with Crippen molar-refractivity contribution < 1.29 is 9.59 Å². The summed E-state index contributed by atoms with van der Waals surface area (Å²) < 4.78 is 0. The largest absolute Gasteiger partial charge is 0.336 e. The number of nitrogens with zero attached hydrogens (tertiary/aromatic N) is 3. The number of carbonyl (C=O) groups is 2. The SMILES string of the molecule is CCCN(C(=O)c1ccccc1NC(=O)N1CC(N(C)C)C1)C(C)C. The average Bonchev–Trinajstić information content (AvgIpc) is 2.50. The highest BCUT2D eigenvalue weighted by Crippen LogP contribution is 2.21. The van der Waals surface area contributed by atoms with E-state index >= 15 is 0 Å². The Hall–Kier alpha value is -2.08. The smallest absolute Gasteiger partial charge is 0.321 e. The minimum absolute atomic E-state index is 0.0393. The Bertz CT molecular complexity index is 609. The van der Waals surface area contributed by atoms with Gasteiger partial charge in [-0.05, 0) is 46.5 Å². The summed E-state index contributed by atoms with van der Waals surface area (Å²) in [6.07, 6.45) is 0.901. The van der Waals surface area contributed by atoms with Crippen LogP contribution >= 0.6 is 0 Å². The fraction of sp³-hybridized carbons (Fsp3) is 0.579. The monoisotopic (exact) mass is 346 g/mol. The molecule has 6 heteroatoms. The molecule has 138 valence electrons. The number of urea groups is 1. The molecule has 25 heavy (non-hydrogen) atoms. The number of nitrogens with one attached hydrogen (secondary N) is 1. The summed E-state index contributed by atoms with van der Waals surface area (Å²) in [5.74, 6) is -0.0393. The fourth-order valence-corrected chi connectivity index (χ4v) is 2.91. The first kappa shape index (κ1) is 19.2. The Kier molecular flexibility index (Phi) is 6.42. The van der Waals surface area contributed by atoms with Crippen LogP contribution in [0.25, 0.3) is 0 Å². The third kappa shape index (κ3) is 4.51. The van der Waals surface area contributed by atoms with Crippen LogP contribution in [0.5, 0.6) is 0 Å². The predicted octanol–water partition coefficient (Wildman–Crippen LogP) is 2.72. The van der Waals surface area contributed by atoms with Gasteiger partial charge in [0.2, 0.25) is 0 Å². The Morgan fingerprint density at radius 3 is 2.44 bits per heavy atom. The first-order valence-corrected chi connectivity index (χ1v) is 8.97. The molecule has 1 aromatic rings. The van der Waals surface area contributed by atoms with Crippen LogP contribution in [-0.4, -0.2) is 72.5 Å². The molecule has 1 aromatic carbocycles. The van der Waals surface area contributed by atoms with E-state index in [1.807, 2.05) is 45.0 Å². The normalized spacial score (nSPS) is 14.6. The molecule has 0 spiro atoms. The number of anilines is 1.